The molecule has 0 aromatic heterocycles. The smallest absolute Gasteiger partial charge is 0.353 e. The number of nitrogens with zero attached hydrogens (tertiary/aromatic N) is 1. The second kappa shape index (κ2) is 9.35. The molecule has 10 heteroatoms. The van der Waals surface area contributed by atoms with Gasteiger partial charge in [-0.15, -0.1) is 0 Å². The number of piperidine rings is 1. The van der Waals surface area contributed by atoms with Crippen LogP contribution in [0.3, 0.4) is 0 Å². The topological polar surface area (TPSA) is 132 Å². The van der Waals surface area contributed by atoms with Crippen LogP contribution in [0, 0.1) is 0 Å². The fraction of sp³-hybridized carbons (Fsp3) is 0.433. The van der Waals surface area contributed by atoms with Crippen molar-refractivity contribution in [2.75, 3.05) is 13.6 Å². The molecule has 2 N–H and O–H groups in total. The van der Waals surface area contributed by atoms with E-state index in [-0.39, 0.29) is 24.0 Å². The number of phenols is 1. The van der Waals surface area contributed by atoms with Crippen molar-refractivity contribution in [1.82, 2.24) is 4.90 Å². The lowest BCUT2D eigenvalue weighted by Gasteiger charge is -2.61. The average molecular weight is 550 g/mol. The molecule has 1 saturated heterocycles. The first-order valence-corrected chi connectivity index (χ1v) is 13.4. The summed E-state index contributed by atoms with van der Waals surface area (Å²) < 4.78 is 22.6. The number of hydrogen-bond donors (Lipinski definition) is 2. The molecular formula is C30H31NO9. The Bertz CT molecular complexity index is 1420. The van der Waals surface area contributed by atoms with Crippen molar-refractivity contribution in [3.05, 3.63) is 71.0 Å². The first kappa shape index (κ1) is 26.3. The standard InChI is InChI=1S/C30H31NO9/c1-16(37-28(35)24(38-17(2)32)18-7-5-4-6-8-18)27(34)39-21-11-12-30(36)22-15-19-9-10-20(33)25-23(19)29(30,26(21)40-25)13-14-31(22)3/h4-11,16,22,24,26,33,36H,12-15H2,1-3H3/t16?,22-,24?,26+,29+,30-/m1/s1. The number of rotatable bonds is 6. The van der Waals surface area contributed by atoms with Gasteiger partial charge in [-0.05, 0) is 51.1 Å². The van der Waals surface area contributed by atoms with Gasteiger partial charge in [0.15, 0.2) is 23.7 Å². The summed E-state index contributed by atoms with van der Waals surface area (Å²) in [7, 11) is 1.99. The van der Waals surface area contributed by atoms with Crippen molar-refractivity contribution in [3.8, 4) is 11.5 Å². The maximum Gasteiger partial charge on any atom is 0.353 e. The third-order valence-corrected chi connectivity index (χ3v) is 8.80. The molecule has 40 heavy (non-hydrogen) atoms. The summed E-state index contributed by atoms with van der Waals surface area (Å²) >= 11 is 0. The van der Waals surface area contributed by atoms with E-state index in [9.17, 15) is 24.6 Å². The fourth-order valence-corrected chi connectivity index (χ4v) is 6.97. The summed E-state index contributed by atoms with van der Waals surface area (Å²) in [4.78, 5) is 39.9. The average Bonchev–Trinajstić information content (AvgIpc) is 3.29. The molecule has 2 bridgehead atoms. The molecule has 6 atom stereocenters. The van der Waals surface area contributed by atoms with Crippen LogP contribution in [0.25, 0.3) is 0 Å². The van der Waals surface area contributed by atoms with Gasteiger partial charge in [-0.2, -0.15) is 0 Å². The number of carbonyl (C=O) groups is 3. The quantitative estimate of drug-likeness (QED) is 0.409. The molecule has 2 aromatic rings. The highest BCUT2D eigenvalue weighted by Gasteiger charge is 2.72. The summed E-state index contributed by atoms with van der Waals surface area (Å²) in [6.07, 6.45) is -0.521. The van der Waals surface area contributed by atoms with Gasteiger partial charge in [-0.1, -0.05) is 36.4 Å². The molecule has 2 heterocycles. The molecule has 2 aliphatic heterocycles. The van der Waals surface area contributed by atoms with Gasteiger partial charge in [0.05, 0.1) is 11.0 Å². The Labute approximate surface area is 231 Å². The van der Waals surface area contributed by atoms with Gasteiger partial charge in [-0.25, -0.2) is 9.59 Å². The molecule has 210 valence electrons. The monoisotopic (exact) mass is 549 g/mol. The molecule has 4 aliphatic rings. The largest absolute Gasteiger partial charge is 0.504 e. The number of carbonyl (C=O) groups excluding carboxylic acids is 3. The molecular weight excluding hydrogens is 518 g/mol. The molecule has 0 radical (unpaired) electrons. The molecule has 10 nitrogen and oxygen atoms in total. The number of phenolic OH excluding ortho intramolecular Hbond substituents is 1. The van der Waals surface area contributed by atoms with E-state index >= 15 is 0 Å². The van der Waals surface area contributed by atoms with Crippen molar-refractivity contribution in [1.29, 1.82) is 0 Å². The highest BCUT2D eigenvalue weighted by Crippen LogP contribution is 2.65. The Hall–Kier alpha value is -3.89. The van der Waals surface area contributed by atoms with Gasteiger partial charge < -0.3 is 34.1 Å². The van der Waals surface area contributed by atoms with Crippen molar-refractivity contribution in [3.63, 3.8) is 0 Å². The molecule has 2 aliphatic carbocycles. The molecule has 2 unspecified atom stereocenters. The van der Waals surface area contributed by atoms with E-state index in [0.29, 0.717) is 30.7 Å². The highest BCUT2D eigenvalue weighted by molar-refractivity contribution is 5.84. The lowest BCUT2D eigenvalue weighted by Crippen LogP contribution is -2.74. The predicted molar refractivity (Wildman–Crippen MR) is 139 cm³/mol. The van der Waals surface area contributed by atoms with E-state index in [1.165, 1.54) is 13.8 Å². The summed E-state index contributed by atoms with van der Waals surface area (Å²) in [6, 6.07) is 11.6. The Morgan fingerprint density at radius 1 is 1.10 bits per heavy atom. The van der Waals surface area contributed by atoms with Gasteiger partial charge >= 0.3 is 17.9 Å². The normalized spacial score (nSPS) is 29.2. The van der Waals surface area contributed by atoms with Gasteiger partial charge in [0, 0.05) is 30.5 Å². The van der Waals surface area contributed by atoms with E-state index < -0.39 is 47.2 Å². The third kappa shape index (κ3) is 3.73. The van der Waals surface area contributed by atoms with E-state index in [1.807, 2.05) is 13.1 Å². The summed E-state index contributed by atoms with van der Waals surface area (Å²) in [6.45, 7) is 3.24. The van der Waals surface area contributed by atoms with Crippen molar-refractivity contribution in [2.24, 2.45) is 0 Å². The van der Waals surface area contributed by atoms with Gasteiger partial charge in [0.1, 0.15) is 5.76 Å². The first-order valence-electron chi connectivity index (χ1n) is 13.4. The van der Waals surface area contributed by atoms with Crippen molar-refractivity contribution in [2.45, 2.75) is 68.5 Å². The zero-order chi connectivity index (χ0) is 28.4. The van der Waals surface area contributed by atoms with Crippen LogP contribution in [0.15, 0.2) is 54.3 Å². The Kier molecular flexibility index (Phi) is 6.15. The lowest BCUT2D eigenvalue weighted by atomic mass is 9.50. The Balaban J connectivity index is 1.26. The van der Waals surface area contributed by atoms with Gasteiger partial charge in [-0.3, -0.25) is 4.79 Å². The second-order valence-electron chi connectivity index (χ2n) is 11.0. The van der Waals surface area contributed by atoms with Crippen molar-refractivity contribution < 1.29 is 43.5 Å². The minimum absolute atomic E-state index is 0.0346. The summed E-state index contributed by atoms with van der Waals surface area (Å²) in [5.74, 6) is -1.97. The van der Waals surface area contributed by atoms with E-state index in [1.54, 1.807) is 42.5 Å². The number of likely N-dealkylation sites (tertiary alicyclic amines) is 1. The van der Waals surface area contributed by atoms with E-state index in [2.05, 4.69) is 4.90 Å². The van der Waals surface area contributed by atoms with Gasteiger partial charge in [0.25, 0.3) is 0 Å². The third-order valence-electron chi connectivity index (χ3n) is 8.80. The minimum Gasteiger partial charge on any atom is -0.504 e. The molecule has 1 fully saturated rings. The van der Waals surface area contributed by atoms with Crippen LogP contribution < -0.4 is 4.74 Å². The first-order chi connectivity index (χ1) is 19.1. The molecule has 0 saturated carbocycles. The Morgan fingerprint density at radius 2 is 1.85 bits per heavy atom. The molecule has 0 amide bonds. The van der Waals surface area contributed by atoms with Crippen LogP contribution >= 0.6 is 0 Å². The number of aromatic hydroxyl groups is 1. The SMILES string of the molecule is CC(=O)OC(C(=O)OC(C)C(=O)OC1=CC[C@@]2(O)[C@H]3Cc4ccc(O)c5c4[C@@]2(CCN3C)[C@H]1O5)c1ccccc1. The van der Waals surface area contributed by atoms with Crippen LogP contribution in [-0.2, 0) is 40.4 Å². The predicted octanol–water partition coefficient (Wildman–Crippen LogP) is 2.45. The van der Waals surface area contributed by atoms with Crippen molar-refractivity contribution >= 4 is 17.9 Å². The summed E-state index contributed by atoms with van der Waals surface area (Å²) in [5.41, 5.74) is 0.0569. The number of hydrogen-bond acceptors (Lipinski definition) is 10. The van der Waals surface area contributed by atoms with Gasteiger partial charge in [0.2, 0.25) is 6.10 Å². The second-order valence-corrected chi connectivity index (χ2v) is 11.0. The zero-order valence-electron chi connectivity index (χ0n) is 22.5. The number of benzene rings is 2. The maximum absolute atomic E-state index is 13.2. The van der Waals surface area contributed by atoms with Crippen LogP contribution in [0.2, 0.25) is 0 Å². The molecule has 6 rings (SSSR count). The molecule has 1 spiro atoms. The van der Waals surface area contributed by atoms with Crippen LogP contribution in [0.4, 0.5) is 0 Å². The number of ether oxygens (including phenoxy) is 4. The fourth-order valence-electron chi connectivity index (χ4n) is 6.97. The van der Waals surface area contributed by atoms with Crippen LogP contribution in [0.1, 0.15) is 49.5 Å². The lowest BCUT2D eigenvalue weighted by molar-refractivity contribution is -0.180. The maximum atomic E-state index is 13.2. The van der Waals surface area contributed by atoms with E-state index in [0.717, 1.165) is 11.1 Å². The highest BCUT2D eigenvalue weighted by atomic mass is 16.6. The number of esters is 3. The summed E-state index contributed by atoms with van der Waals surface area (Å²) in [5, 5.41) is 22.9. The van der Waals surface area contributed by atoms with Crippen LogP contribution in [-0.4, -0.2) is 70.5 Å². The number of likely N-dealkylation sites (N-methyl/N-ethyl adjacent to an activating group) is 1. The minimum atomic E-state index is -1.34. The van der Waals surface area contributed by atoms with Crippen LogP contribution in [0.5, 0.6) is 11.5 Å². The number of aliphatic hydroxyl groups is 1. The van der Waals surface area contributed by atoms with E-state index in [4.69, 9.17) is 18.9 Å². The zero-order valence-corrected chi connectivity index (χ0v) is 22.5. The molecule has 2 aromatic carbocycles. The Morgan fingerprint density at radius 3 is 2.58 bits per heavy atom.